The highest BCUT2D eigenvalue weighted by Crippen LogP contribution is 2.36. The highest BCUT2D eigenvalue weighted by atomic mass is 32.2. The molecule has 0 spiro atoms. The van der Waals surface area contributed by atoms with Crippen LogP contribution in [0.25, 0.3) is 0 Å². The minimum atomic E-state index is -3.23. The molecule has 2 heterocycles. The number of nitrogens with one attached hydrogen (secondary N) is 1. The number of carbonyl (C=O) groups excluding carboxylic acids is 1. The second-order valence-corrected chi connectivity index (χ2v) is 9.32. The van der Waals surface area contributed by atoms with Gasteiger partial charge in [-0.2, -0.15) is 0 Å². The Morgan fingerprint density at radius 2 is 2.03 bits per heavy atom. The van der Waals surface area contributed by atoms with Gasteiger partial charge in [-0.1, -0.05) is 30.3 Å². The first-order valence-corrected chi connectivity index (χ1v) is 11.5. The maximum atomic E-state index is 12.3. The summed E-state index contributed by atoms with van der Waals surface area (Å²) < 4.78 is 22.4. The molecule has 0 unspecified atom stereocenters. The zero-order valence-electron chi connectivity index (χ0n) is 16.9. The molecule has 29 heavy (non-hydrogen) atoms. The molecule has 1 aliphatic rings. The Bertz CT molecular complexity index is 1000. The molecule has 1 amide bonds. The van der Waals surface area contributed by atoms with E-state index in [4.69, 9.17) is 0 Å². The van der Waals surface area contributed by atoms with E-state index in [0.29, 0.717) is 0 Å². The predicted octanol–water partition coefficient (Wildman–Crippen LogP) is 2.80. The van der Waals surface area contributed by atoms with Crippen LogP contribution in [0.15, 0.2) is 48.1 Å². The van der Waals surface area contributed by atoms with Crippen LogP contribution in [-0.2, 0) is 9.84 Å². The number of anilines is 1. The number of hydrogen-bond acceptors (Lipinski definition) is 6. The van der Waals surface area contributed by atoms with Crippen LogP contribution in [0.2, 0.25) is 0 Å². The van der Waals surface area contributed by atoms with Crippen molar-refractivity contribution in [1.29, 1.82) is 0 Å². The lowest BCUT2D eigenvalue weighted by molar-refractivity contribution is 0.0941. The van der Waals surface area contributed by atoms with Crippen molar-refractivity contribution in [3.8, 4) is 0 Å². The van der Waals surface area contributed by atoms with E-state index in [9.17, 15) is 13.2 Å². The summed E-state index contributed by atoms with van der Waals surface area (Å²) in [5.74, 6) is 0.351. The average Bonchev–Trinajstić information content (AvgIpc) is 3.16. The van der Waals surface area contributed by atoms with Gasteiger partial charge in [0.15, 0.2) is 9.84 Å². The minimum Gasteiger partial charge on any atom is -0.348 e. The lowest BCUT2D eigenvalue weighted by atomic mass is 9.99. The highest BCUT2D eigenvalue weighted by Gasteiger charge is 2.28. The first-order valence-electron chi connectivity index (χ1n) is 9.58. The van der Waals surface area contributed by atoms with E-state index >= 15 is 0 Å². The maximum absolute atomic E-state index is 12.3. The van der Waals surface area contributed by atoms with Crippen LogP contribution in [-0.4, -0.2) is 43.1 Å². The van der Waals surface area contributed by atoms with Crippen molar-refractivity contribution in [2.75, 3.05) is 17.7 Å². The van der Waals surface area contributed by atoms with Gasteiger partial charge >= 0.3 is 0 Å². The Kier molecular flexibility index (Phi) is 6.32. The van der Waals surface area contributed by atoms with E-state index in [1.54, 1.807) is 13.1 Å². The molecule has 2 atom stereocenters. The summed E-state index contributed by atoms with van der Waals surface area (Å²) in [5, 5.41) is 3.77. The van der Waals surface area contributed by atoms with Crippen molar-refractivity contribution in [2.24, 2.45) is 0 Å². The summed E-state index contributed by atoms with van der Waals surface area (Å²) in [5.41, 5.74) is 2.74. The molecule has 0 aliphatic carbocycles. The van der Waals surface area contributed by atoms with Gasteiger partial charge in [-0.25, -0.2) is 18.4 Å². The fourth-order valence-electron chi connectivity index (χ4n) is 3.50. The topological polar surface area (TPSA) is 92.3 Å². The zero-order chi connectivity index (χ0) is 21.0. The lowest BCUT2D eigenvalue weighted by Crippen LogP contribution is -2.32. The Labute approximate surface area is 171 Å². The van der Waals surface area contributed by atoms with Gasteiger partial charge < -0.3 is 10.2 Å². The third-order valence-electron chi connectivity index (χ3n) is 4.94. The first kappa shape index (κ1) is 21.0. The molecule has 1 fully saturated rings. The summed E-state index contributed by atoms with van der Waals surface area (Å²) >= 11 is 0. The number of rotatable bonds is 6. The molecule has 0 radical (unpaired) electrons. The van der Waals surface area contributed by atoms with Gasteiger partial charge in [0.2, 0.25) is 0 Å². The van der Waals surface area contributed by atoms with Crippen LogP contribution >= 0.6 is 0 Å². The van der Waals surface area contributed by atoms with Crippen molar-refractivity contribution >= 4 is 21.6 Å². The predicted molar refractivity (Wildman–Crippen MR) is 113 cm³/mol. The standard InChI is InChI=1S/C21H26N4O3S/c1-15-7-4-5-8-17(15)19-9-6-11-25(19)20-14-22-18(13-23-20)21(26)24-16(2)10-12-29(3,27)28/h4-5,7-8,10,12-14,16,19H,6,9,11H2,1-3H3,(H,24,26)/b12-10+/t16-,19+/m1/s1. The maximum Gasteiger partial charge on any atom is 0.271 e. The van der Waals surface area contributed by atoms with Crippen molar-refractivity contribution < 1.29 is 13.2 Å². The van der Waals surface area contributed by atoms with Crippen molar-refractivity contribution in [2.45, 2.75) is 38.8 Å². The number of aryl methyl sites for hydroxylation is 1. The summed E-state index contributed by atoms with van der Waals surface area (Å²) in [4.78, 5) is 23.3. The van der Waals surface area contributed by atoms with Crippen LogP contribution < -0.4 is 10.2 Å². The molecule has 1 saturated heterocycles. The third-order valence-corrected chi connectivity index (χ3v) is 5.59. The molecule has 2 aromatic rings. The van der Waals surface area contributed by atoms with Crippen LogP contribution in [0.1, 0.15) is 47.4 Å². The van der Waals surface area contributed by atoms with E-state index in [-0.39, 0.29) is 11.7 Å². The molecule has 7 nitrogen and oxygen atoms in total. The summed E-state index contributed by atoms with van der Waals surface area (Å²) in [7, 11) is -3.23. The van der Waals surface area contributed by atoms with Crippen LogP contribution in [0.4, 0.5) is 5.82 Å². The summed E-state index contributed by atoms with van der Waals surface area (Å²) in [6.45, 7) is 4.70. The van der Waals surface area contributed by atoms with E-state index in [1.807, 2.05) is 6.07 Å². The van der Waals surface area contributed by atoms with Gasteiger partial charge in [0, 0.05) is 24.3 Å². The number of benzene rings is 1. The molecule has 8 heteroatoms. The van der Waals surface area contributed by atoms with Gasteiger partial charge in [-0.3, -0.25) is 4.79 Å². The lowest BCUT2D eigenvalue weighted by Gasteiger charge is -2.27. The van der Waals surface area contributed by atoms with Crippen LogP contribution in [0.3, 0.4) is 0 Å². The van der Waals surface area contributed by atoms with E-state index in [2.05, 4.69) is 45.3 Å². The summed E-state index contributed by atoms with van der Waals surface area (Å²) in [6.07, 6.45) is 7.75. The highest BCUT2D eigenvalue weighted by molar-refractivity contribution is 7.93. The monoisotopic (exact) mass is 414 g/mol. The average molecular weight is 415 g/mol. The molecule has 154 valence electrons. The number of aromatic nitrogens is 2. The SMILES string of the molecule is Cc1ccccc1[C@@H]1CCCN1c1cnc(C(=O)N[C@H](C)/C=C/S(C)(=O)=O)cn1. The Morgan fingerprint density at radius 3 is 2.69 bits per heavy atom. The Hall–Kier alpha value is -2.74. The van der Waals surface area contributed by atoms with Gasteiger partial charge in [-0.05, 0) is 37.8 Å². The van der Waals surface area contributed by atoms with Crippen molar-refractivity contribution in [1.82, 2.24) is 15.3 Å². The molecule has 0 saturated carbocycles. The number of hydrogen-bond donors (Lipinski definition) is 1. The Morgan fingerprint density at radius 1 is 1.28 bits per heavy atom. The normalized spacial score (nSPS) is 18.2. The van der Waals surface area contributed by atoms with Crippen molar-refractivity contribution in [3.05, 3.63) is 65.0 Å². The second kappa shape index (κ2) is 8.73. The van der Waals surface area contributed by atoms with Gasteiger partial charge in [0.1, 0.15) is 11.5 Å². The van der Waals surface area contributed by atoms with E-state index < -0.39 is 21.8 Å². The zero-order valence-corrected chi connectivity index (χ0v) is 17.7. The molecule has 1 aromatic carbocycles. The molecular weight excluding hydrogens is 388 g/mol. The second-order valence-electron chi connectivity index (χ2n) is 7.39. The molecular formula is C21H26N4O3S. The first-order chi connectivity index (χ1) is 13.7. The minimum absolute atomic E-state index is 0.194. The van der Waals surface area contributed by atoms with E-state index in [1.165, 1.54) is 23.4 Å². The number of carbonyl (C=O) groups is 1. The quantitative estimate of drug-likeness (QED) is 0.781. The fraction of sp³-hybridized carbons (Fsp3) is 0.381. The molecule has 3 rings (SSSR count). The van der Waals surface area contributed by atoms with Crippen LogP contribution in [0.5, 0.6) is 0 Å². The van der Waals surface area contributed by atoms with E-state index in [0.717, 1.165) is 36.9 Å². The summed E-state index contributed by atoms with van der Waals surface area (Å²) in [6, 6.07) is 8.17. The molecule has 0 bridgehead atoms. The largest absolute Gasteiger partial charge is 0.348 e. The number of amides is 1. The fourth-order valence-corrected chi connectivity index (χ4v) is 4.02. The van der Waals surface area contributed by atoms with Gasteiger partial charge in [0.05, 0.1) is 18.4 Å². The number of sulfone groups is 1. The smallest absolute Gasteiger partial charge is 0.271 e. The molecule has 1 N–H and O–H groups in total. The van der Waals surface area contributed by atoms with Gasteiger partial charge in [-0.15, -0.1) is 0 Å². The van der Waals surface area contributed by atoms with Crippen LogP contribution in [0, 0.1) is 6.92 Å². The molecule has 1 aromatic heterocycles. The van der Waals surface area contributed by atoms with Gasteiger partial charge in [0.25, 0.3) is 5.91 Å². The Balaban J connectivity index is 1.70. The number of nitrogens with zero attached hydrogens (tertiary/aromatic N) is 3. The molecule has 1 aliphatic heterocycles. The van der Waals surface area contributed by atoms with Crippen molar-refractivity contribution in [3.63, 3.8) is 0 Å². The third kappa shape index (κ3) is 5.41.